The Bertz CT molecular complexity index is 49.2. The van der Waals surface area contributed by atoms with Crippen LogP contribution < -0.4 is 0 Å². The number of rotatable bonds is 1. The van der Waals surface area contributed by atoms with Gasteiger partial charge in [-0.15, -0.1) is 0 Å². The fourth-order valence-corrected chi connectivity index (χ4v) is 0.306. The summed E-state index contributed by atoms with van der Waals surface area (Å²) in [5.74, 6) is 0. The summed E-state index contributed by atoms with van der Waals surface area (Å²) in [4.78, 5) is 3.11. The summed E-state index contributed by atoms with van der Waals surface area (Å²) in [5.41, 5.74) is 0. The quantitative estimate of drug-likeness (QED) is 0.462. The van der Waals surface area contributed by atoms with E-state index in [4.69, 9.17) is 6.57 Å². The van der Waals surface area contributed by atoms with Gasteiger partial charge in [0, 0.05) is 22.4 Å². The molecule has 3 heteroatoms. The molecule has 0 atom stereocenters. The normalized spacial score (nSPS) is 5.33. The van der Waals surface area contributed by atoms with E-state index >= 15 is 0 Å². The average Bonchev–Trinajstić information content (AvgIpc) is 1.41. The molecule has 0 unspecified atom stereocenters. The van der Waals surface area contributed by atoms with E-state index in [-0.39, 0.29) is 22.4 Å². The van der Waals surface area contributed by atoms with Gasteiger partial charge in [0.2, 0.25) is 0 Å². The topological polar surface area (TPSA) is 4.36 Å². The van der Waals surface area contributed by atoms with Gasteiger partial charge in [-0.3, -0.25) is 0 Å². The molecule has 0 heterocycles. The Kier molecular flexibility index (Phi) is 15.8. The first-order valence-electron chi connectivity index (χ1n) is 1.33. The monoisotopic (exact) mass is 381 g/mol. The molecule has 38 valence electrons. The van der Waals surface area contributed by atoms with E-state index in [1.54, 1.807) is 0 Å². The van der Waals surface area contributed by atoms with Gasteiger partial charge in [0.05, 0.1) is 0 Å². The molecule has 0 fully saturated rings. The number of nitrogens with zero attached hydrogens (tertiary/aromatic N) is 1. The van der Waals surface area contributed by atoms with Crippen molar-refractivity contribution in [3.8, 4) is 0 Å². The Labute approximate surface area is 66.7 Å². The second kappa shape index (κ2) is 9.39. The van der Waals surface area contributed by atoms with Crippen molar-refractivity contribution in [1.29, 1.82) is 0 Å². The minimum absolute atomic E-state index is 0. The zero-order valence-electron chi connectivity index (χ0n) is 3.07. The zero-order chi connectivity index (χ0) is 4.12. The van der Waals surface area contributed by atoms with E-state index in [2.05, 4.69) is 4.85 Å². The maximum atomic E-state index is 6.23. The molecule has 0 bridgehead atoms. The first-order valence-corrected chi connectivity index (χ1v) is 2.98. The van der Waals surface area contributed by atoms with Crippen LogP contribution in [0, 0.1) is 6.57 Å². The standard InChI is InChI=1S/C3H4NTe.Au/c1-4-2-3-5;/h2-3H2;. The van der Waals surface area contributed by atoms with Gasteiger partial charge in [0.25, 0.3) is 0 Å². The average molecular weight is 379 g/mol. The molecule has 0 saturated carbocycles. The minimum atomic E-state index is 0. The Morgan fingerprint density at radius 3 is 2.17 bits per heavy atom. The van der Waals surface area contributed by atoms with Crippen LogP contribution in [0.15, 0.2) is 0 Å². The van der Waals surface area contributed by atoms with Crippen molar-refractivity contribution in [3.05, 3.63) is 11.4 Å². The van der Waals surface area contributed by atoms with Crippen LogP contribution in [0.25, 0.3) is 4.85 Å². The van der Waals surface area contributed by atoms with Crippen LogP contribution in [-0.4, -0.2) is 28.8 Å². The van der Waals surface area contributed by atoms with Crippen molar-refractivity contribution in [2.75, 3.05) is 6.54 Å². The van der Waals surface area contributed by atoms with E-state index in [0.29, 0.717) is 6.54 Å². The second-order valence-corrected chi connectivity index (χ2v) is 1.75. The third-order valence-electron chi connectivity index (χ3n) is 0.203. The van der Waals surface area contributed by atoms with Crippen LogP contribution in [0.2, 0.25) is 4.47 Å². The summed E-state index contributed by atoms with van der Waals surface area (Å²) in [6.07, 6.45) is 0. The molecular formula is C3H4AuNTe. The molecule has 0 N–H and O–H groups in total. The molecular weight excluding hydrogens is 375 g/mol. The molecule has 0 rings (SSSR count). The van der Waals surface area contributed by atoms with Crippen LogP contribution in [0.3, 0.4) is 0 Å². The third-order valence-corrected chi connectivity index (χ3v) is 0.724. The molecule has 0 aromatic carbocycles. The van der Waals surface area contributed by atoms with Crippen molar-refractivity contribution in [1.82, 2.24) is 0 Å². The predicted molar refractivity (Wildman–Crippen MR) is 22.0 cm³/mol. The van der Waals surface area contributed by atoms with E-state index in [0.717, 1.165) is 4.47 Å². The van der Waals surface area contributed by atoms with Crippen LogP contribution in [0.4, 0.5) is 0 Å². The number of hydrogen-bond donors (Lipinski definition) is 0. The summed E-state index contributed by atoms with van der Waals surface area (Å²) in [5, 5.41) is 0. The van der Waals surface area contributed by atoms with Crippen molar-refractivity contribution < 1.29 is 22.4 Å². The van der Waals surface area contributed by atoms with Gasteiger partial charge in [-0.25, -0.2) is 0 Å². The third kappa shape index (κ3) is 8.89. The van der Waals surface area contributed by atoms with Crippen LogP contribution >= 0.6 is 0 Å². The molecule has 6 heavy (non-hydrogen) atoms. The molecule has 2 radical (unpaired) electrons. The van der Waals surface area contributed by atoms with E-state index in [9.17, 15) is 0 Å². The molecule has 0 saturated heterocycles. The van der Waals surface area contributed by atoms with Gasteiger partial charge in [-0.05, 0) is 0 Å². The van der Waals surface area contributed by atoms with Gasteiger partial charge in [0.15, 0.2) is 0 Å². The van der Waals surface area contributed by atoms with Crippen molar-refractivity contribution in [2.24, 2.45) is 0 Å². The summed E-state index contributed by atoms with van der Waals surface area (Å²) in [6, 6.07) is 0. The summed E-state index contributed by atoms with van der Waals surface area (Å²) in [6.45, 7) is 6.91. The van der Waals surface area contributed by atoms with E-state index in [1.807, 2.05) is 22.3 Å². The Hall–Kier alpha value is 1.02. The first-order chi connectivity index (χ1) is 2.41. The van der Waals surface area contributed by atoms with Crippen LogP contribution in [-0.2, 0) is 22.4 Å². The molecule has 0 aromatic rings. The van der Waals surface area contributed by atoms with Crippen molar-refractivity contribution in [2.45, 2.75) is 4.47 Å². The Morgan fingerprint density at radius 2 is 2.17 bits per heavy atom. The fourth-order valence-electron chi connectivity index (χ4n) is 0.0456. The fraction of sp³-hybridized carbons (Fsp3) is 0.667. The molecule has 0 aromatic heterocycles. The summed E-state index contributed by atoms with van der Waals surface area (Å²) < 4.78 is 1.000. The van der Waals surface area contributed by atoms with E-state index in [1.165, 1.54) is 0 Å². The zero-order valence-corrected chi connectivity index (χ0v) is 7.57. The predicted octanol–water partition coefficient (Wildman–Crippen LogP) is 0.490. The van der Waals surface area contributed by atoms with Gasteiger partial charge in [-0.2, -0.15) is 0 Å². The first kappa shape index (κ1) is 10.1. The SMILES string of the molecule is [Au].[C-]#[N+]CC[Te]. The van der Waals surface area contributed by atoms with E-state index < -0.39 is 0 Å². The second-order valence-electron chi connectivity index (χ2n) is 0.586. The molecule has 0 amide bonds. The van der Waals surface area contributed by atoms with Gasteiger partial charge in [0.1, 0.15) is 0 Å². The van der Waals surface area contributed by atoms with Crippen molar-refractivity contribution in [3.63, 3.8) is 0 Å². The summed E-state index contributed by atoms with van der Waals surface area (Å²) in [7, 11) is 0. The number of hydrogen-bond acceptors (Lipinski definition) is 0. The molecule has 0 aliphatic carbocycles. The van der Waals surface area contributed by atoms with Gasteiger partial charge in [-0.1, -0.05) is 0 Å². The molecule has 0 aliphatic heterocycles. The molecule has 1 nitrogen and oxygen atoms in total. The molecule has 0 aliphatic rings. The van der Waals surface area contributed by atoms with Gasteiger partial charge >= 0.3 is 44.7 Å². The Balaban J connectivity index is 0. The Morgan fingerprint density at radius 1 is 1.67 bits per heavy atom. The maximum absolute atomic E-state index is 6.23. The van der Waals surface area contributed by atoms with Crippen LogP contribution in [0.1, 0.15) is 0 Å². The summed E-state index contributed by atoms with van der Waals surface area (Å²) >= 11 is 1.94. The van der Waals surface area contributed by atoms with Crippen molar-refractivity contribution >= 4 is 22.3 Å². The van der Waals surface area contributed by atoms with Gasteiger partial charge < -0.3 is 0 Å². The van der Waals surface area contributed by atoms with Crippen LogP contribution in [0.5, 0.6) is 0 Å². The molecule has 0 spiro atoms.